The maximum absolute atomic E-state index is 12.9. The van der Waals surface area contributed by atoms with Gasteiger partial charge in [0.15, 0.2) is 0 Å². The molecular weight excluding hydrogens is 329 g/mol. The summed E-state index contributed by atoms with van der Waals surface area (Å²) >= 11 is 1.43. The van der Waals surface area contributed by atoms with Crippen LogP contribution in [-0.4, -0.2) is 59.6 Å². The molecule has 0 saturated carbocycles. The summed E-state index contributed by atoms with van der Waals surface area (Å²) in [6, 6.07) is 6.59. The van der Waals surface area contributed by atoms with Gasteiger partial charge in [-0.25, -0.2) is 4.39 Å². The molecule has 1 aromatic carbocycles. The first kappa shape index (κ1) is 17.2. The molecule has 2 N–H and O–H groups in total. The summed E-state index contributed by atoms with van der Waals surface area (Å²) in [5.41, 5.74) is 5.35. The van der Waals surface area contributed by atoms with E-state index in [1.165, 1.54) is 23.9 Å². The average molecular weight is 351 g/mol. The molecule has 130 valence electrons. The fraction of sp³-hybridized carbons (Fsp3) is 0.529. The van der Waals surface area contributed by atoms with Gasteiger partial charge in [0.25, 0.3) is 0 Å². The summed E-state index contributed by atoms with van der Waals surface area (Å²) in [6.45, 7) is 3.27. The Bertz CT molecular complexity index is 596. The molecule has 1 aromatic rings. The van der Waals surface area contributed by atoms with Gasteiger partial charge in [0.1, 0.15) is 5.82 Å². The van der Waals surface area contributed by atoms with E-state index in [-0.39, 0.29) is 23.5 Å². The smallest absolute Gasteiger partial charge is 0.233 e. The highest BCUT2D eigenvalue weighted by atomic mass is 32.2. The van der Waals surface area contributed by atoms with E-state index >= 15 is 0 Å². The van der Waals surface area contributed by atoms with Crippen molar-refractivity contribution in [3.05, 3.63) is 30.1 Å². The van der Waals surface area contributed by atoms with Crippen molar-refractivity contribution >= 4 is 23.6 Å². The first-order chi connectivity index (χ1) is 11.5. The first-order valence-corrected chi connectivity index (χ1v) is 9.21. The number of primary amides is 1. The zero-order chi connectivity index (χ0) is 17.1. The summed E-state index contributed by atoms with van der Waals surface area (Å²) in [5, 5.41) is 0. The number of halogens is 1. The number of rotatable bonds is 5. The van der Waals surface area contributed by atoms with Crippen LogP contribution in [-0.2, 0) is 9.59 Å². The summed E-state index contributed by atoms with van der Waals surface area (Å²) in [7, 11) is 0. The van der Waals surface area contributed by atoms with Gasteiger partial charge in [0, 0.05) is 29.9 Å². The minimum Gasteiger partial charge on any atom is -0.369 e. The average Bonchev–Trinajstić information content (AvgIpc) is 2.53. The number of likely N-dealkylation sites (tertiary alicyclic amines) is 2. The number of nitrogens with zero attached hydrogens (tertiary/aromatic N) is 2. The van der Waals surface area contributed by atoms with Crippen LogP contribution in [0.15, 0.2) is 29.2 Å². The number of amides is 2. The van der Waals surface area contributed by atoms with Crippen molar-refractivity contribution < 1.29 is 14.0 Å². The van der Waals surface area contributed by atoms with Crippen LogP contribution in [0.2, 0.25) is 0 Å². The Morgan fingerprint density at radius 3 is 2.38 bits per heavy atom. The van der Waals surface area contributed by atoms with Crippen LogP contribution in [0, 0.1) is 11.7 Å². The molecule has 5 nitrogen and oxygen atoms in total. The largest absolute Gasteiger partial charge is 0.369 e. The minimum atomic E-state index is -0.267. The van der Waals surface area contributed by atoms with Gasteiger partial charge in [-0.2, -0.15) is 0 Å². The van der Waals surface area contributed by atoms with Gasteiger partial charge < -0.3 is 10.6 Å². The van der Waals surface area contributed by atoms with E-state index in [0.717, 1.165) is 43.9 Å². The van der Waals surface area contributed by atoms with Gasteiger partial charge in [-0.15, -0.1) is 11.8 Å². The Morgan fingerprint density at radius 1 is 1.17 bits per heavy atom. The number of benzene rings is 1. The molecule has 3 rings (SSSR count). The monoisotopic (exact) mass is 351 g/mol. The van der Waals surface area contributed by atoms with E-state index in [4.69, 9.17) is 5.73 Å². The molecule has 24 heavy (non-hydrogen) atoms. The van der Waals surface area contributed by atoms with Crippen molar-refractivity contribution in [3.63, 3.8) is 0 Å². The number of hydrogen-bond acceptors (Lipinski definition) is 4. The van der Waals surface area contributed by atoms with Crippen molar-refractivity contribution in [1.82, 2.24) is 9.80 Å². The molecule has 0 radical (unpaired) electrons. The summed E-state index contributed by atoms with van der Waals surface area (Å²) < 4.78 is 12.9. The maximum Gasteiger partial charge on any atom is 0.233 e. The molecule has 0 aromatic heterocycles. The van der Waals surface area contributed by atoms with Crippen LogP contribution in [0.5, 0.6) is 0 Å². The van der Waals surface area contributed by atoms with Crippen LogP contribution in [0.4, 0.5) is 4.39 Å². The lowest BCUT2D eigenvalue weighted by Gasteiger charge is -2.47. The van der Waals surface area contributed by atoms with Crippen LogP contribution in [0.3, 0.4) is 0 Å². The quantitative estimate of drug-likeness (QED) is 0.813. The van der Waals surface area contributed by atoms with Crippen LogP contribution in [0.25, 0.3) is 0 Å². The first-order valence-electron chi connectivity index (χ1n) is 8.22. The van der Waals surface area contributed by atoms with Crippen molar-refractivity contribution in [1.29, 1.82) is 0 Å². The Kier molecular flexibility index (Phi) is 5.40. The van der Waals surface area contributed by atoms with Gasteiger partial charge in [0.05, 0.1) is 5.75 Å². The lowest BCUT2D eigenvalue weighted by Crippen LogP contribution is -2.62. The third-order valence-corrected chi connectivity index (χ3v) is 5.84. The van der Waals surface area contributed by atoms with Crippen LogP contribution >= 0.6 is 11.8 Å². The number of hydrogen-bond donors (Lipinski definition) is 1. The van der Waals surface area contributed by atoms with Crippen molar-refractivity contribution in [2.75, 3.05) is 31.9 Å². The second-order valence-electron chi connectivity index (χ2n) is 6.41. The Labute approximate surface area is 145 Å². The second-order valence-corrected chi connectivity index (χ2v) is 7.46. The molecule has 0 aliphatic carbocycles. The minimum absolute atomic E-state index is 0.00571. The molecule has 7 heteroatoms. The zero-order valence-electron chi connectivity index (χ0n) is 13.5. The van der Waals surface area contributed by atoms with Crippen molar-refractivity contribution in [2.45, 2.75) is 23.8 Å². The summed E-state index contributed by atoms with van der Waals surface area (Å²) in [4.78, 5) is 28.5. The van der Waals surface area contributed by atoms with Gasteiger partial charge in [-0.1, -0.05) is 0 Å². The fourth-order valence-electron chi connectivity index (χ4n) is 3.21. The highest BCUT2D eigenvalue weighted by Crippen LogP contribution is 2.25. The fourth-order valence-corrected chi connectivity index (χ4v) is 4.01. The number of piperidine rings is 1. The molecule has 0 unspecified atom stereocenters. The van der Waals surface area contributed by atoms with E-state index in [0.29, 0.717) is 11.8 Å². The molecule has 2 fully saturated rings. The number of nitrogens with two attached hydrogens (primary N) is 1. The van der Waals surface area contributed by atoms with Crippen LogP contribution < -0.4 is 5.73 Å². The van der Waals surface area contributed by atoms with Gasteiger partial charge in [0.2, 0.25) is 11.8 Å². The molecule has 2 amide bonds. The lowest BCUT2D eigenvalue weighted by molar-refractivity contribution is -0.136. The van der Waals surface area contributed by atoms with E-state index in [1.807, 2.05) is 4.90 Å². The Balaban J connectivity index is 1.38. The lowest BCUT2D eigenvalue weighted by atomic mass is 9.94. The highest BCUT2D eigenvalue weighted by molar-refractivity contribution is 8.00. The number of thioether (sulfide) groups is 1. The molecular formula is C17H22FN3O2S. The van der Waals surface area contributed by atoms with Gasteiger partial charge in [-0.3, -0.25) is 14.5 Å². The van der Waals surface area contributed by atoms with Crippen molar-refractivity contribution in [2.24, 2.45) is 11.7 Å². The van der Waals surface area contributed by atoms with Gasteiger partial charge >= 0.3 is 0 Å². The predicted octanol–water partition coefficient (Wildman–Crippen LogP) is 1.33. The zero-order valence-corrected chi connectivity index (χ0v) is 14.3. The molecule has 2 saturated heterocycles. The van der Waals surface area contributed by atoms with E-state index in [1.54, 1.807) is 12.1 Å². The highest BCUT2D eigenvalue weighted by Gasteiger charge is 2.36. The van der Waals surface area contributed by atoms with E-state index in [9.17, 15) is 14.0 Å². The van der Waals surface area contributed by atoms with Crippen LogP contribution in [0.1, 0.15) is 12.8 Å². The number of carbonyl (C=O) groups is 2. The third-order valence-electron chi connectivity index (χ3n) is 4.84. The molecule has 2 aliphatic heterocycles. The Hall–Kier alpha value is -1.60. The van der Waals surface area contributed by atoms with Crippen molar-refractivity contribution in [3.8, 4) is 0 Å². The van der Waals surface area contributed by atoms with E-state index in [2.05, 4.69) is 4.90 Å². The predicted molar refractivity (Wildman–Crippen MR) is 91.0 cm³/mol. The normalized spacial score (nSPS) is 20.0. The number of carbonyl (C=O) groups excluding carboxylic acids is 2. The maximum atomic E-state index is 12.9. The summed E-state index contributed by atoms with van der Waals surface area (Å²) in [5.74, 6) is 0.0373. The third kappa shape index (κ3) is 4.08. The topological polar surface area (TPSA) is 66.6 Å². The molecule has 2 aliphatic rings. The van der Waals surface area contributed by atoms with Gasteiger partial charge in [-0.05, 0) is 50.2 Å². The molecule has 0 atom stereocenters. The molecule has 2 heterocycles. The SMILES string of the molecule is NC(=O)C1CCN(C2CN(C(=O)CSc3ccc(F)cc3)C2)CC1. The standard InChI is InChI=1S/C17H22FN3O2S/c18-13-1-3-15(4-2-13)24-11-16(22)21-9-14(10-21)20-7-5-12(6-8-20)17(19)23/h1-4,12,14H,5-11H2,(H2,19,23). The molecule has 0 bridgehead atoms. The molecule has 0 spiro atoms. The van der Waals surface area contributed by atoms with E-state index < -0.39 is 0 Å². The summed E-state index contributed by atoms with van der Waals surface area (Å²) in [6.07, 6.45) is 1.64. The Morgan fingerprint density at radius 2 is 1.79 bits per heavy atom. The second kappa shape index (κ2) is 7.53.